The molecule has 1 aromatic carbocycles. The quantitative estimate of drug-likeness (QED) is 0.779. The summed E-state index contributed by atoms with van der Waals surface area (Å²) in [4.78, 5) is 25.4. The molecule has 0 spiro atoms. The average molecular weight is 261 g/mol. The van der Waals surface area contributed by atoms with Crippen LogP contribution in [0.3, 0.4) is 0 Å². The highest BCUT2D eigenvalue weighted by atomic mass is 16.5. The number of likely N-dealkylation sites (N-methyl/N-ethyl adjacent to an activating group) is 1. The monoisotopic (exact) mass is 261 g/mol. The van der Waals surface area contributed by atoms with Crippen molar-refractivity contribution in [2.75, 3.05) is 20.7 Å². The lowest BCUT2D eigenvalue weighted by atomic mass is 9.90. The van der Waals surface area contributed by atoms with Gasteiger partial charge in [-0.05, 0) is 24.0 Å². The number of fused-ring (bicyclic) bond motifs is 1. The van der Waals surface area contributed by atoms with E-state index in [1.165, 1.54) is 12.7 Å². The standard InChI is InChI=1S/C15H19NO3/c1-16-10-9-11-5-3-4-6-12(11)13(15(16)18)7-8-14(17)19-2/h3-6,13H,7-10H2,1-2H3/t13-/m1/s1. The first-order valence-corrected chi connectivity index (χ1v) is 6.53. The van der Waals surface area contributed by atoms with Gasteiger partial charge < -0.3 is 9.64 Å². The van der Waals surface area contributed by atoms with E-state index in [2.05, 4.69) is 10.8 Å². The Hall–Kier alpha value is -1.84. The van der Waals surface area contributed by atoms with Gasteiger partial charge in [0.1, 0.15) is 0 Å². The SMILES string of the molecule is COC(=O)CC[C@H]1C(=O)N(C)CCc2ccccc21. The third-order valence-corrected chi connectivity index (χ3v) is 3.69. The van der Waals surface area contributed by atoms with Crippen LogP contribution in [0.15, 0.2) is 24.3 Å². The molecule has 0 N–H and O–H groups in total. The van der Waals surface area contributed by atoms with Crippen LogP contribution >= 0.6 is 0 Å². The Morgan fingerprint density at radius 1 is 1.42 bits per heavy atom. The minimum atomic E-state index is -0.266. The Bertz CT molecular complexity index is 484. The van der Waals surface area contributed by atoms with E-state index in [0.29, 0.717) is 6.42 Å². The van der Waals surface area contributed by atoms with Gasteiger partial charge in [-0.3, -0.25) is 9.59 Å². The number of carbonyl (C=O) groups is 2. The lowest BCUT2D eigenvalue weighted by molar-refractivity contribution is -0.141. The second-order valence-electron chi connectivity index (χ2n) is 4.88. The van der Waals surface area contributed by atoms with E-state index in [9.17, 15) is 9.59 Å². The highest BCUT2D eigenvalue weighted by Crippen LogP contribution is 2.29. The molecule has 0 bridgehead atoms. The van der Waals surface area contributed by atoms with E-state index in [0.717, 1.165) is 18.5 Å². The number of hydrogen-bond acceptors (Lipinski definition) is 3. The number of carbonyl (C=O) groups excluding carboxylic acids is 2. The molecule has 4 nitrogen and oxygen atoms in total. The molecule has 1 atom stereocenters. The highest BCUT2D eigenvalue weighted by Gasteiger charge is 2.29. The van der Waals surface area contributed by atoms with Crippen molar-refractivity contribution in [3.8, 4) is 0 Å². The molecule has 0 fully saturated rings. The minimum Gasteiger partial charge on any atom is -0.469 e. The zero-order valence-corrected chi connectivity index (χ0v) is 11.4. The Labute approximate surface area is 113 Å². The van der Waals surface area contributed by atoms with Crippen molar-refractivity contribution in [1.29, 1.82) is 0 Å². The van der Waals surface area contributed by atoms with Gasteiger partial charge in [0.25, 0.3) is 0 Å². The van der Waals surface area contributed by atoms with E-state index in [1.807, 2.05) is 25.2 Å². The van der Waals surface area contributed by atoms with Gasteiger partial charge in [0, 0.05) is 20.0 Å². The predicted molar refractivity (Wildman–Crippen MR) is 71.8 cm³/mol. The zero-order chi connectivity index (χ0) is 13.8. The van der Waals surface area contributed by atoms with Crippen LogP contribution in [0.5, 0.6) is 0 Å². The van der Waals surface area contributed by atoms with Gasteiger partial charge in [-0.15, -0.1) is 0 Å². The van der Waals surface area contributed by atoms with E-state index >= 15 is 0 Å². The van der Waals surface area contributed by atoms with Gasteiger partial charge in [0.2, 0.25) is 5.91 Å². The summed E-state index contributed by atoms with van der Waals surface area (Å²) in [5.41, 5.74) is 2.26. The van der Waals surface area contributed by atoms with Crippen molar-refractivity contribution in [1.82, 2.24) is 4.90 Å². The van der Waals surface area contributed by atoms with Crippen LogP contribution in [0.1, 0.15) is 29.9 Å². The third kappa shape index (κ3) is 2.95. The first-order valence-electron chi connectivity index (χ1n) is 6.53. The number of hydrogen-bond donors (Lipinski definition) is 0. The first-order chi connectivity index (χ1) is 9.13. The number of ether oxygens (including phenoxy) is 1. The van der Waals surface area contributed by atoms with Gasteiger partial charge in [0.05, 0.1) is 13.0 Å². The molecule has 4 heteroatoms. The fourth-order valence-electron chi connectivity index (χ4n) is 2.54. The molecule has 0 saturated carbocycles. The van der Waals surface area contributed by atoms with Crippen LogP contribution in [-0.2, 0) is 20.7 Å². The van der Waals surface area contributed by atoms with Gasteiger partial charge in [-0.1, -0.05) is 24.3 Å². The van der Waals surface area contributed by atoms with Crippen molar-refractivity contribution in [3.05, 3.63) is 35.4 Å². The van der Waals surface area contributed by atoms with E-state index < -0.39 is 0 Å². The average Bonchev–Trinajstić information content (AvgIpc) is 2.55. The summed E-state index contributed by atoms with van der Waals surface area (Å²) in [6.07, 6.45) is 1.65. The molecule has 1 aromatic rings. The molecule has 0 saturated heterocycles. The Morgan fingerprint density at radius 3 is 2.89 bits per heavy atom. The smallest absolute Gasteiger partial charge is 0.305 e. The van der Waals surface area contributed by atoms with Gasteiger partial charge in [-0.25, -0.2) is 0 Å². The third-order valence-electron chi connectivity index (χ3n) is 3.69. The second kappa shape index (κ2) is 5.87. The van der Waals surface area contributed by atoms with Crippen molar-refractivity contribution in [2.45, 2.75) is 25.2 Å². The molecule has 1 heterocycles. The Morgan fingerprint density at radius 2 is 2.16 bits per heavy atom. The molecule has 1 aliphatic rings. The zero-order valence-electron chi connectivity index (χ0n) is 11.4. The van der Waals surface area contributed by atoms with E-state index in [1.54, 1.807) is 4.90 Å². The Kier molecular flexibility index (Phi) is 4.20. The fraction of sp³-hybridized carbons (Fsp3) is 0.467. The first kappa shape index (κ1) is 13.6. The van der Waals surface area contributed by atoms with Gasteiger partial charge in [0.15, 0.2) is 0 Å². The van der Waals surface area contributed by atoms with E-state index in [4.69, 9.17) is 0 Å². The molecule has 2 rings (SSSR count). The largest absolute Gasteiger partial charge is 0.469 e. The highest BCUT2D eigenvalue weighted by molar-refractivity contribution is 5.85. The number of amides is 1. The maximum atomic E-state index is 12.4. The molecule has 0 radical (unpaired) electrons. The van der Waals surface area contributed by atoms with Crippen LogP contribution < -0.4 is 0 Å². The maximum absolute atomic E-state index is 12.4. The summed E-state index contributed by atoms with van der Waals surface area (Å²) < 4.78 is 4.66. The topological polar surface area (TPSA) is 46.6 Å². The van der Waals surface area contributed by atoms with Crippen molar-refractivity contribution >= 4 is 11.9 Å². The summed E-state index contributed by atoms with van der Waals surface area (Å²) in [7, 11) is 3.19. The van der Waals surface area contributed by atoms with Crippen LogP contribution in [0.4, 0.5) is 0 Å². The molecule has 1 aliphatic heterocycles. The van der Waals surface area contributed by atoms with Crippen LogP contribution in [0.2, 0.25) is 0 Å². The maximum Gasteiger partial charge on any atom is 0.305 e. The molecular weight excluding hydrogens is 242 g/mol. The number of nitrogens with zero attached hydrogens (tertiary/aromatic N) is 1. The Balaban J connectivity index is 2.25. The van der Waals surface area contributed by atoms with Crippen molar-refractivity contribution < 1.29 is 14.3 Å². The normalized spacial score (nSPS) is 18.7. The molecule has 102 valence electrons. The lowest BCUT2D eigenvalue weighted by Gasteiger charge is -2.20. The van der Waals surface area contributed by atoms with Crippen molar-refractivity contribution in [3.63, 3.8) is 0 Å². The number of rotatable bonds is 3. The summed E-state index contributed by atoms with van der Waals surface area (Å²) in [6.45, 7) is 0.727. The number of esters is 1. The van der Waals surface area contributed by atoms with E-state index in [-0.39, 0.29) is 24.2 Å². The summed E-state index contributed by atoms with van der Waals surface area (Å²) in [6, 6.07) is 8.00. The van der Waals surface area contributed by atoms with Crippen LogP contribution in [-0.4, -0.2) is 37.5 Å². The summed E-state index contributed by atoms with van der Waals surface area (Å²) in [5, 5.41) is 0. The van der Waals surface area contributed by atoms with Gasteiger partial charge in [-0.2, -0.15) is 0 Å². The molecule has 19 heavy (non-hydrogen) atoms. The molecule has 0 aliphatic carbocycles. The molecule has 1 amide bonds. The van der Waals surface area contributed by atoms with Gasteiger partial charge >= 0.3 is 5.97 Å². The summed E-state index contributed by atoms with van der Waals surface area (Å²) >= 11 is 0. The number of benzene rings is 1. The second-order valence-corrected chi connectivity index (χ2v) is 4.88. The number of methoxy groups -OCH3 is 1. The van der Waals surface area contributed by atoms with Crippen molar-refractivity contribution in [2.24, 2.45) is 0 Å². The van der Waals surface area contributed by atoms with Crippen LogP contribution in [0.25, 0.3) is 0 Å². The molecule has 0 aromatic heterocycles. The minimum absolute atomic E-state index is 0.0915. The lowest BCUT2D eigenvalue weighted by Crippen LogP contribution is -2.31. The predicted octanol–water partition coefficient (Wildman–Crippen LogP) is 1.74. The molecular formula is C15H19NO3. The molecule has 0 unspecified atom stereocenters. The van der Waals surface area contributed by atoms with Crippen LogP contribution in [0, 0.1) is 0 Å². The summed E-state index contributed by atoms with van der Waals surface area (Å²) in [5.74, 6) is -0.408. The fourth-order valence-corrected chi connectivity index (χ4v) is 2.54.